The molecule has 2 aromatic rings. The van der Waals surface area contributed by atoms with E-state index in [0.717, 1.165) is 23.7 Å². The average molecular weight is 426 g/mol. The molecule has 7 nitrogen and oxygen atoms in total. The number of hydrogen-bond donors (Lipinski definition) is 2. The molecular weight excluding hydrogens is 390 g/mol. The summed E-state index contributed by atoms with van der Waals surface area (Å²) in [7, 11) is 11.1. The van der Waals surface area contributed by atoms with E-state index in [0.29, 0.717) is 18.7 Å². The van der Waals surface area contributed by atoms with Gasteiger partial charge in [-0.05, 0) is 55.9 Å². The van der Waals surface area contributed by atoms with Crippen LogP contribution in [0.25, 0.3) is 0 Å². The summed E-state index contributed by atoms with van der Waals surface area (Å²) in [6.45, 7) is 1.41. The molecule has 0 aliphatic heterocycles. The van der Waals surface area contributed by atoms with E-state index in [1.807, 2.05) is 36.4 Å². The minimum Gasteiger partial charge on any atom is -0.497 e. The first-order valence-electron chi connectivity index (χ1n) is 10.4. The van der Waals surface area contributed by atoms with Gasteiger partial charge in [-0.1, -0.05) is 24.3 Å². The Morgan fingerprint density at radius 3 is 2.45 bits per heavy atom. The van der Waals surface area contributed by atoms with Gasteiger partial charge in [0.15, 0.2) is 5.96 Å². The molecule has 1 atom stereocenters. The maximum atomic E-state index is 12.2. The Hall–Kier alpha value is -3.06. The molecule has 0 aliphatic carbocycles. The molecule has 2 rings (SSSR count). The lowest BCUT2D eigenvalue weighted by molar-refractivity contribution is 0.0827. The molecule has 168 valence electrons. The van der Waals surface area contributed by atoms with Gasteiger partial charge in [0, 0.05) is 39.8 Å². The van der Waals surface area contributed by atoms with Crippen LogP contribution in [-0.4, -0.2) is 77.1 Å². The van der Waals surface area contributed by atoms with Crippen molar-refractivity contribution < 1.29 is 9.53 Å². The number of ether oxygens (including phenoxy) is 1. The number of nitrogens with zero attached hydrogens (tertiary/aromatic N) is 3. The van der Waals surface area contributed by atoms with E-state index >= 15 is 0 Å². The zero-order valence-corrected chi connectivity index (χ0v) is 19.5. The lowest BCUT2D eigenvalue weighted by Gasteiger charge is -2.26. The second kappa shape index (κ2) is 12.0. The molecule has 31 heavy (non-hydrogen) atoms. The quantitative estimate of drug-likeness (QED) is 0.477. The van der Waals surface area contributed by atoms with Gasteiger partial charge in [-0.25, -0.2) is 0 Å². The Balaban J connectivity index is 1.92. The highest BCUT2D eigenvalue weighted by Gasteiger charge is 2.15. The topological polar surface area (TPSA) is 69.2 Å². The summed E-state index contributed by atoms with van der Waals surface area (Å²) in [5.41, 5.74) is 2.99. The van der Waals surface area contributed by atoms with Crippen LogP contribution in [0.5, 0.6) is 5.75 Å². The number of likely N-dealkylation sites (N-methyl/N-ethyl adjacent to an activating group) is 1. The van der Waals surface area contributed by atoms with Crippen LogP contribution in [0.15, 0.2) is 53.5 Å². The summed E-state index contributed by atoms with van der Waals surface area (Å²) in [6.07, 6.45) is 0.794. The van der Waals surface area contributed by atoms with Crippen LogP contribution in [0.4, 0.5) is 0 Å². The minimum atomic E-state index is 0.0135. The fourth-order valence-corrected chi connectivity index (χ4v) is 3.30. The number of amides is 1. The van der Waals surface area contributed by atoms with Gasteiger partial charge in [-0.3, -0.25) is 9.79 Å². The number of benzene rings is 2. The van der Waals surface area contributed by atoms with Crippen molar-refractivity contribution in [3.63, 3.8) is 0 Å². The van der Waals surface area contributed by atoms with Gasteiger partial charge in [-0.15, -0.1) is 0 Å². The van der Waals surface area contributed by atoms with Gasteiger partial charge >= 0.3 is 0 Å². The summed E-state index contributed by atoms with van der Waals surface area (Å²) in [6, 6.07) is 16.0. The van der Waals surface area contributed by atoms with E-state index in [9.17, 15) is 4.79 Å². The molecule has 0 radical (unpaired) electrons. The van der Waals surface area contributed by atoms with E-state index in [1.165, 1.54) is 5.56 Å². The van der Waals surface area contributed by atoms with Gasteiger partial charge in [0.25, 0.3) is 5.91 Å². The summed E-state index contributed by atoms with van der Waals surface area (Å²) in [5, 5.41) is 6.77. The molecule has 0 bridgehead atoms. The number of nitrogens with one attached hydrogen (secondary N) is 2. The lowest BCUT2D eigenvalue weighted by Crippen LogP contribution is -2.42. The summed E-state index contributed by atoms with van der Waals surface area (Å²) in [4.78, 5) is 20.3. The van der Waals surface area contributed by atoms with Crippen molar-refractivity contribution in [2.24, 2.45) is 4.99 Å². The number of carbonyl (C=O) groups is 1. The SMILES string of the molecule is CN=C(NCCc1cccc(C(=O)N(C)C)c1)NCC(c1cccc(OC)c1)N(C)C. The highest BCUT2D eigenvalue weighted by molar-refractivity contribution is 5.94. The number of guanidine groups is 1. The third-order valence-corrected chi connectivity index (χ3v) is 5.07. The fraction of sp³-hybridized carbons (Fsp3) is 0.417. The average Bonchev–Trinajstić information content (AvgIpc) is 2.77. The van der Waals surface area contributed by atoms with Gasteiger partial charge < -0.3 is 25.2 Å². The largest absolute Gasteiger partial charge is 0.497 e. The molecule has 1 unspecified atom stereocenters. The summed E-state index contributed by atoms with van der Waals surface area (Å²) < 4.78 is 5.36. The molecule has 7 heteroatoms. The first-order valence-corrected chi connectivity index (χ1v) is 10.4. The fourth-order valence-electron chi connectivity index (χ4n) is 3.30. The maximum Gasteiger partial charge on any atom is 0.253 e. The Morgan fingerprint density at radius 1 is 1.06 bits per heavy atom. The van der Waals surface area contributed by atoms with Crippen molar-refractivity contribution in [1.29, 1.82) is 0 Å². The van der Waals surface area contributed by atoms with E-state index in [1.54, 1.807) is 33.2 Å². The van der Waals surface area contributed by atoms with E-state index in [4.69, 9.17) is 4.74 Å². The molecular formula is C24H35N5O2. The first kappa shape index (κ1) is 24.2. The van der Waals surface area contributed by atoms with Crippen molar-refractivity contribution in [2.75, 3.05) is 55.4 Å². The van der Waals surface area contributed by atoms with Crippen molar-refractivity contribution in [1.82, 2.24) is 20.4 Å². The highest BCUT2D eigenvalue weighted by atomic mass is 16.5. The van der Waals surface area contributed by atoms with Crippen LogP contribution in [0.1, 0.15) is 27.5 Å². The number of carbonyl (C=O) groups excluding carboxylic acids is 1. The molecule has 0 aromatic heterocycles. The van der Waals surface area contributed by atoms with Crippen molar-refractivity contribution >= 4 is 11.9 Å². The zero-order chi connectivity index (χ0) is 22.8. The summed E-state index contributed by atoms with van der Waals surface area (Å²) >= 11 is 0. The first-order chi connectivity index (χ1) is 14.8. The smallest absolute Gasteiger partial charge is 0.253 e. The number of hydrogen-bond acceptors (Lipinski definition) is 4. The van der Waals surface area contributed by atoms with E-state index in [2.05, 4.69) is 46.8 Å². The van der Waals surface area contributed by atoms with Crippen molar-refractivity contribution in [2.45, 2.75) is 12.5 Å². The zero-order valence-electron chi connectivity index (χ0n) is 19.5. The highest BCUT2D eigenvalue weighted by Crippen LogP contribution is 2.22. The van der Waals surface area contributed by atoms with Gasteiger partial charge in [-0.2, -0.15) is 0 Å². The van der Waals surface area contributed by atoms with Gasteiger partial charge in [0.1, 0.15) is 5.75 Å². The van der Waals surface area contributed by atoms with Crippen LogP contribution in [-0.2, 0) is 6.42 Å². The standard InChI is InChI=1S/C24H35N5O2/c1-25-24(26-14-13-18-9-7-11-20(15-18)23(30)29(4)5)27-17-22(28(2)3)19-10-8-12-21(16-19)31-6/h7-12,15-16,22H,13-14,17H2,1-6H3,(H2,25,26,27). The lowest BCUT2D eigenvalue weighted by atomic mass is 10.1. The van der Waals surface area contributed by atoms with Gasteiger partial charge in [0.2, 0.25) is 0 Å². The molecule has 0 heterocycles. The van der Waals surface area contributed by atoms with Crippen LogP contribution >= 0.6 is 0 Å². The Labute approximate surface area is 186 Å². The molecule has 1 amide bonds. The van der Waals surface area contributed by atoms with Gasteiger partial charge in [0.05, 0.1) is 13.2 Å². The third-order valence-electron chi connectivity index (χ3n) is 5.07. The third kappa shape index (κ3) is 7.29. The molecule has 0 fully saturated rings. The normalized spacial score (nSPS) is 12.4. The predicted octanol–water partition coefficient (Wildman–Crippen LogP) is 2.41. The molecule has 0 spiro atoms. The monoisotopic (exact) mass is 425 g/mol. The Kier molecular flexibility index (Phi) is 9.34. The van der Waals surface area contributed by atoms with Crippen molar-refractivity contribution in [3.8, 4) is 5.75 Å². The number of aliphatic imine (C=N–C) groups is 1. The van der Waals surface area contributed by atoms with E-state index in [-0.39, 0.29) is 11.9 Å². The second-order valence-corrected chi connectivity index (χ2v) is 7.79. The summed E-state index contributed by atoms with van der Waals surface area (Å²) in [5.74, 6) is 1.61. The number of methoxy groups -OCH3 is 1. The van der Waals surface area contributed by atoms with E-state index < -0.39 is 0 Å². The van der Waals surface area contributed by atoms with Crippen LogP contribution in [0, 0.1) is 0 Å². The molecule has 0 saturated carbocycles. The van der Waals surface area contributed by atoms with Crippen molar-refractivity contribution in [3.05, 3.63) is 65.2 Å². The Bertz CT molecular complexity index is 880. The molecule has 0 saturated heterocycles. The molecule has 2 aromatic carbocycles. The number of rotatable bonds is 9. The van der Waals surface area contributed by atoms with Crippen LogP contribution < -0.4 is 15.4 Å². The van der Waals surface area contributed by atoms with Crippen LogP contribution in [0.2, 0.25) is 0 Å². The minimum absolute atomic E-state index is 0.0135. The Morgan fingerprint density at radius 2 is 1.81 bits per heavy atom. The molecule has 2 N–H and O–H groups in total. The predicted molar refractivity (Wildman–Crippen MR) is 127 cm³/mol. The van der Waals surface area contributed by atoms with Crippen LogP contribution in [0.3, 0.4) is 0 Å². The second-order valence-electron chi connectivity index (χ2n) is 7.79. The maximum absolute atomic E-state index is 12.2. The molecule has 0 aliphatic rings.